The van der Waals surface area contributed by atoms with Gasteiger partial charge in [0.25, 0.3) is 0 Å². The minimum Gasteiger partial charge on any atom is -0.444 e. The molecule has 3 nitrogen and oxygen atoms in total. The molecule has 0 aliphatic rings. The quantitative estimate of drug-likeness (QED) is 0.657. The van der Waals surface area contributed by atoms with E-state index < -0.39 is 5.60 Å². The SMILES string of the molecule is CC(C)(C)OC(=O)NC(CS)CCCS. The first-order valence-corrected chi connectivity index (χ1v) is 6.36. The zero-order valence-electron chi connectivity index (χ0n) is 9.62. The van der Waals surface area contributed by atoms with Crippen molar-refractivity contribution in [1.82, 2.24) is 5.32 Å². The Labute approximate surface area is 103 Å². The number of amides is 1. The highest BCUT2D eigenvalue weighted by atomic mass is 32.1. The normalized spacial score (nSPS) is 13.4. The van der Waals surface area contributed by atoms with Gasteiger partial charge in [-0.25, -0.2) is 4.79 Å². The zero-order valence-corrected chi connectivity index (χ0v) is 11.4. The Hall–Kier alpha value is -0.0300. The van der Waals surface area contributed by atoms with Gasteiger partial charge in [-0.05, 0) is 39.4 Å². The van der Waals surface area contributed by atoms with Crippen molar-refractivity contribution in [2.45, 2.75) is 45.3 Å². The molecule has 0 aromatic heterocycles. The summed E-state index contributed by atoms with van der Waals surface area (Å²) in [6.07, 6.45) is 1.47. The molecule has 0 aromatic carbocycles. The van der Waals surface area contributed by atoms with Crippen LogP contribution in [0.25, 0.3) is 0 Å². The van der Waals surface area contributed by atoms with Crippen molar-refractivity contribution >= 4 is 31.4 Å². The summed E-state index contributed by atoms with van der Waals surface area (Å²) in [6.45, 7) is 5.53. The first-order valence-electron chi connectivity index (χ1n) is 5.10. The minimum atomic E-state index is -0.450. The molecule has 0 radical (unpaired) electrons. The lowest BCUT2D eigenvalue weighted by Crippen LogP contribution is -2.40. The van der Waals surface area contributed by atoms with Crippen LogP contribution >= 0.6 is 25.3 Å². The Morgan fingerprint density at radius 2 is 2.00 bits per heavy atom. The van der Waals surface area contributed by atoms with Crippen LogP contribution in [0.4, 0.5) is 4.79 Å². The third kappa shape index (κ3) is 8.93. The maximum atomic E-state index is 11.4. The molecule has 1 atom stereocenters. The molecule has 90 valence electrons. The number of carbonyl (C=O) groups excluding carboxylic acids is 1. The van der Waals surface area contributed by atoms with Crippen molar-refractivity contribution in [3.8, 4) is 0 Å². The van der Waals surface area contributed by atoms with Gasteiger partial charge < -0.3 is 10.1 Å². The molecule has 0 spiro atoms. The van der Waals surface area contributed by atoms with Crippen LogP contribution in [0.3, 0.4) is 0 Å². The number of hydrogen-bond donors (Lipinski definition) is 3. The van der Waals surface area contributed by atoms with E-state index in [9.17, 15) is 4.79 Å². The van der Waals surface area contributed by atoms with Crippen LogP contribution in [-0.2, 0) is 4.74 Å². The summed E-state index contributed by atoms with van der Waals surface area (Å²) in [5.41, 5.74) is -0.450. The number of carbonyl (C=O) groups is 1. The molecular weight excluding hydrogens is 230 g/mol. The van der Waals surface area contributed by atoms with Crippen LogP contribution in [0, 0.1) is 0 Å². The zero-order chi connectivity index (χ0) is 11.9. The first-order chi connectivity index (χ1) is 6.89. The molecule has 0 bridgehead atoms. The Kier molecular flexibility index (Phi) is 7.26. The van der Waals surface area contributed by atoms with Crippen molar-refractivity contribution in [2.75, 3.05) is 11.5 Å². The second-order valence-electron chi connectivity index (χ2n) is 4.39. The molecule has 0 aliphatic heterocycles. The predicted molar refractivity (Wildman–Crippen MR) is 70.1 cm³/mol. The van der Waals surface area contributed by atoms with E-state index in [1.165, 1.54) is 0 Å². The third-order valence-electron chi connectivity index (χ3n) is 1.65. The standard InChI is InChI=1S/C10H21NO2S2/c1-10(2,3)13-9(12)11-8(7-15)5-4-6-14/h8,14-15H,4-7H2,1-3H3,(H,11,12). The second kappa shape index (κ2) is 7.28. The van der Waals surface area contributed by atoms with Gasteiger partial charge in [0.05, 0.1) is 0 Å². The van der Waals surface area contributed by atoms with Crippen molar-refractivity contribution in [3.63, 3.8) is 0 Å². The third-order valence-corrected chi connectivity index (χ3v) is 2.41. The van der Waals surface area contributed by atoms with E-state index >= 15 is 0 Å². The summed E-state index contributed by atoms with van der Waals surface area (Å²) in [4.78, 5) is 11.4. The molecule has 0 saturated heterocycles. The summed E-state index contributed by atoms with van der Waals surface area (Å²) >= 11 is 8.30. The van der Waals surface area contributed by atoms with E-state index in [1.807, 2.05) is 20.8 Å². The molecule has 1 N–H and O–H groups in total. The molecule has 0 rings (SSSR count). The Morgan fingerprint density at radius 1 is 1.40 bits per heavy atom. The van der Waals surface area contributed by atoms with Gasteiger partial charge in [-0.3, -0.25) is 0 Å². The molecule has 0 aliphatic carbocycles. The highest BCUT2D eigenvalue weighted by Crippen LogP contribution is 2.08. The highest BCUT2D eigenvalue weighted by Gasteiger charge is 2.18. The summed E-state index contributed by atoms with van der Waals surface area (Å²) < 4.78 is 5.15. The monoisotopic (exact) mass is 251 g/mol. The minimum absolute atomic E-state index is 0.0651. The van der Waals surface area contributed by atoms with E-state index in [-0.39, 0.29) is 12.1 Å². The van der Waals surface area contributed by atoms with Crippen molar-refractivity contribution in [2.24, 2.45) is 0 Å². The van der Waals surface area contributed by atoms with Gasteiger partial charge in [0.15, 0.2) is 0 Å². The average Bonchev–Trinajstić information content (AvgIpc) is 2.09. The molecule has 0 heterocycles. The van der Waals surface area contributed by atoms with Crippen LogP contribution in [0.5, 0.6) is 0 Å². The maximum absolute atomic E-state index is 11.4. The van der Waals surface area contributed by atoms with E-state index in [4.69, 9.17) is 4.74 Å². The Morgan fingerprint density at radius 3 is 2.40 bits per heavy atom. The summed E-state index contributed by atoms with van der Waals surface area (Å²) in [6, 6.07) is 0.0651. The van der Waals surface area contributed by atoms with Gasteiger partial charge in [0, 0.05) is 11.8 Å². The number of thiol groups is 2. The van der Waals surface area contributed by atoms with Gasteiger partial charge in [0.2, 0.25) is 0 Å². The fraction of sp³-hybridized carbons (Fsp3) is 0.900. The molecule has 0 aromatic rings. The molecule has 0 fully saturated rings. The van der Waals surface area contributed by atoms with Crippen LogP contribution in [0.15, 0.2) is 0 Å². The summed E-state index contributed by atoms with van der Waals surface area (Å²) in [5.74, 6) is 1.44. The van der Waals surface area contributed by atoms with E-state index in [1.54, 1.807) is 0 Å². The number of alkyl carbamates (subject to hydrolysis) is 1. The maximum Gasteiger partial charge on any atom is 0.407 e. The number of rotatable bonds is 5. The lowest BCUT2D eigenvalue weighted by molar-refractivity contribution is 0.0507. The fourth-order valence-electron chi connectivity index (χ4n) is 1.02. The van der Waals surface area contributed by atoms with Crippen LogP contribution in [0.2, 0.25) is 0 Å². The van der Waals surface area contributed by atoms with Crippen molar-refractivity contribution < 1.29 is 9.53 Å². The highest BCUT2D eigenvalue weighted by molar-refractivity contribution is 7.80. The number of ether oxygens (including phenoxy) is 1. The van der Waals surface area contributed by atoms with E-state index in [0.29, 0.717) is 5.75 Å². The number of hydrogen-bond acceptors (Lipinski definition) is 4. The van der Waals surface area contributed by atoms with Gasteiger partial charge in [0.1, 0.15) is 5.60 Å². The van der Waals surface area contributed by atoms with Gasteiger partial charge in [-0.1, -0.05) is 0 Å². The van der Waals surface area contributed by atoms with Crippen LogP contribution in [0.1, 0.15) is 33.6 Å². The predicted octanol–water partition coefficient (Wildman–Crippen LogP) is 2.52. The van der Waals surface area contributed by atoms with Crippen LogP contribution in [-0.4, -0.2) is 29.2 Å². The Balaban J connectivity index is 3.91. The molecule has 0 saturated carbocycles. The average molecular weight is 251 g/mol. The smallest absolute Gasteiger partial charge is 0.407 e. The van der Waals surface area contributed by atoms with Gasteiger partial charge >= 0.3 is 6.09 Å². The van der Waals surface area contributed by atoms with Gasteiger partial charge in [-0.2, -0.15) is 25.3 Å². The van der Waals surface area contributed by atoms with Crippen LogP contribution < -0.4 is 5.32 Å². The Bertz CT molecular complexity index is 192. The summed E-state index contributed by atoms with van der Waals surface area (Å²) in [7, 11) is 0. The fourth-order valence-corrected chi connectivity index (χ4v) is 1.48. The largest absolute Gasteiger partial charge is 0.444 e. The molecule has 1 amide bonds. The van der Waals surface area contributed by atoms with Crippen molar-refractivity contribution in [1.29, 1.82) is 0 Å². The first kappa shape index (κ1) is 15.0. The number of nitrogens with one attached hydrogen (secondary N) is 1. The lowest BCUT2D eigenvalue weighted by Gasteiger charge is -2.22. The molecular formula is C10H21NO2S2. The molecule has 5 heteroatoms. The van der Waals surface area contributed by atoms with E-state index in [0.717, 1.165) is 18.6 Å². The molecule has 1 unspecified atom stereocenters. The van der Waals surface area contributed by atoms with Gasteiger partial charge in [-0.15, -0.1) is 0 Å². The topological polar surface area (TPSA) is 38.3 Å². The second-order valence-corrected chi connectivity index (χ2v) is 5.20. The van der Waals surface area contributed by atoms with Crippen molar-refractivity contribution in [3.05, 3.63) is 0 Å². The lowest BCUT2D eigenvalue weighted by atomic mass is 10.2. The van der Waals surface area contributed by atoms with E-state index in [2.05, 4.69) is 30.6 Å². The summed E-state index contributed by atoms with van der Waals surface area (Å²) in [5, 5.41) is 2.79. The molecule has 15 heavy (non-hydrogen) atoms.